The Hall–Kier alpha value is -2.11. The van der Waals surface area contributed by atoms with Gasteiger partial charge in [0.2, 0.25) is 0 Å². The van der Waals surface area contributed by atoms with E-state index in [1.807, 2.05) is 0 Å². The molecule has 0 unspecified atom stereocenters. The van der Waals surface area contributed by atoms with Crippen molar-refractivity contribution in [2.75, 3.05) is 11.1 Å². The number of nitrogen functional groups attached to an aromatic ring is 1. The van der Waals surface area contributed by atoms with E-state index in [2.05, 4.69) is 10.4 Å². The van der Waals surface area contributed by atoms with Crippen LogP contribution < -0.4 is 11.1 Å². The Labute approximate surface area is 97.0 Å². The molecule has 3 N–H and O–H groups in total. The number of nitrogens with zero attached hydrogens (tertiary/aromatic N) is 2. The number of nitrogens with one attached hydrogen (secondary N) is 1. The van der Waals surface area contributed by atoms with Crippen LogP contribution in [-0.4, -0.2) is 9.78 Å². The van der Waals surface area contributed by atoms with Crippen molar-refractivity contribution >= 4 is 17.2 Å². The summed E-state index contributed by atoms with van der Waals surface area (Å²) in [5, 5.41) is 6.89. The number of hydrogen-bond acceptors (Lipinski definition) is 3. The van der Waals surface area contributed by atoms with Crippen molar-refractivity contribution in [1.82, 2.24) is 9.78 Å². The molecule has 0 fully saturated rings. The Morgan fingerprint density at radius 3 is 2.71 bits per heavy atom. The SMILES string of the molecule is Cn1ccc(Nc2ccc(N)cc2C(F)F)n1. The lowest BCUT2D eigenvalue weighted by molar-refractivity contribution is 0.152. The van der Waals surface area contributed by atoms with Crippen molar-refractivity contribution in [1.29, 1.82) is 0 Å². The minimum absolute atomic E-state index is 0.129. The fourth-order valence-corrected chi connectivity index (χ4v) is 1.50. The normalized spacial score (nSPS) is 10.8. The van der Waals surface area contributed by atoms with E-state index in [-0.39, 0.29) is 5.56 Å². The van der Waals surface area contributed by atoms with E-state index in [1.54, 1.807) is 30.1 Å². The minimum atomic E-state index is -2.58. The molecule has 0 aliphatic rings. The summed E-state index contributed by atoms with van der Waals surface area (Å²) in [4.78, 5) is 0. The Morgan fingerprint density at radius 1 is 1.35 bits per heavy atom. The first-order valence-corrected chi connectivity index (χ1v) is 5.00. The number of aromatic nitrogens is 2. The number of nitrogens with two attached hydrogens (primary N) is 1. The second-order valence-corrected chi connectivity index (χ2v) is 3.65. The highest BCUT2D eigenvalue weighted by Crippen LogP contribution is 2.30. The first kappa shape index (κ1) is 11.4. The monoisotopic (exact) mass is 238 g/mol. The number of hydrogen-bond donors (Lipinski definition) is 2. The smallest absolute Gasteiger partial charge is 0.265 e. The van der Waals surface area contributed by atoms with Crippen molar-refractivity contribution in [3.8, 4) is 0 Å². The van der Waals surface area contributed by atoms with Gasteiger partial charge in [-0.05, 0) is 18.2 Å². The van der Waals surface area contributed by atoms with Crippen molar-refractivity contribution < 1.29 is 8.78 Å². The second-order valence-electron chi connectivity index (χ2n) is 3.65. The first-order valence-electron chi connectivity index (χ1n) is 5.00. The maximum atomic E-state index is 12.8. The van der Waals surface area contributed by atoms with Gasteiger partial charge in [-0.1, -0.05) is 0 Å². The largest absolute Gasteiger partial charge is 0.399 e. The van der Waals surface area contributed by atoms with Gasteiger partial charge in [0.1, 0.15) is 0 Å². The van der Waals surface area contributed by atoms with Crippen LogP contribution in [0.3, 0.4) is 0 Å². The van der Waals surface area contributed by atoms with Crippen LogP contribution >= 0.6 is 0 Å². The molecule has 17 heavy (non-hydrogen) atoms. The van der Waals surface area contributed by atoms with E-state index in [1.165, 1.54) is 12.1 Å². The summed E-state index contributed by atoms with van der Waals surface area (Å²) in [6, 6.07) is 6.05. The lowest BCUT2D eigenvalue weighted by Crippen LogP contribution is -1.99. The fourth-order valence-electron chi connectivity index (χ4n) is 1.50. The molecule has 0 aliphatic heterocycles. The predicted molar refractivity (Wildman–Crippen MR) is 62.3 cm³/mol. The van der Waals surface area contributed by atoms with E-state index >= 15 is 0 Å². The van der Waals surface area contributed by atoms with Crippen LogP contribution in [0, 0.1) is 0 Å². The molecule has 0 atom stereocenters. The van der Waals surface area contributed by atoms with Gasteiger partial charge in [-0.25, -0.2) is 8.78 Å². The van der Waals surface area contributed by atoms with Crippen LogP contribution in [0.4, 0.5) is 26.0 Å². The zero-order valence-corrected chi connectivity index (χ0v) is 9.19. The van der Waals surface area contributed by atoms with Gasteiger partial charge < -0.3 is 11.1 Å². The molecule has 0 saturated heterocycles. The third-order valence-electron chi connectivity index (χ3n) is 2.29. The number of anilines is 3. The van der Waals surface area contributed by atoms with E-state index in [0.717, 1.165) is 0 Å². The quantitative estimate of drug-likeness (QED) is 0.808. The topological polar surface area (TPSA) is 55.9 Å². The highest BCUT2D eigenvalue weighted by molar-refractivity contribution is 5.64. The summed E-state index contributed by atoms with van der Waals surface area (Å²) < 4.78 is 27.2. The van der Waals surface area contributed by atoms with Gasteiger partial charge in [0, 0.05) is 36.2 Å². The van der Waals surface area contributed by atoms with Crippen LogP contribution in [0.2, 0.25) is 0 Å². The molecule has 1 aromatic heterocycles. The molecule has 6 heteroatoms. The van der Waals surface area contributed by atoms with E-state index in [9.17, 15) is 8.78 Å². The zero-order valence-electron chi connectivity index (χ0n) is 9.19. The molecule has 2 rings (SSSR count). The minimum Gasteiger partial charge on any atom is -0.399 e. The van der Waals surface area contributed by atoms with Gasteiger partial charge in [0.25, 0.3) is 6.43 Å². The molecule has 2 aromatic rings. The maximum Gasteiger partial charge on any atom is 0.265 e. The van der Waals surface area contributed by atoms with Crippen LogP contribution in [0.1, 0.15) is 12.0 Å². The molecule has 4 nitrogen and oxygen atoms in total. The number of aryl methyl sites for hydroxylation is 1. The second kappa shape index (κ2) is 4.40. The van der Waals surface area contributed by atoms with Gasteiger partial charge in [-0.2, -0.15) is 5.10 Å². The lowest BCUT2D eigenvalue weighted by atomic mass is 10.1. The lowest BCUT2D eigenvalue weighted by Gasteiger charge is -2.10. The molecule has 0 aliphatic carbocycles. The average molecular weight is 238 g/mol. The molecule has 0 spiro atoms. The van der Waals surface area contributed by atoms with Crippen molar-refractivity contribution in [3.63, 3.8) is 0 Å². The summed E-state index contributed by atoms with van der Waals surface area (Å²) in [6.07, 6.45) is -0.855. The molecule has 1 aromatic carbocycles. The molecule has 0 saturated carbocycles. The van der Waals surface area contributed by atoms with Crippen molar-refractivity contribution in [2.24, 2.45) is 7.05 Å². The van der Waals surface area contributed by atoms with E-state index < -0.39 is 6.43 Å². The van der Waals surface area contributed by atoms with Crippen LogP contribution in [0.25, 0.3) is 0 Å². The predicted octanol–water partition coefficient (Wildman–Crippen LogP) is 2.68. The highest BCUT2D eigenvalue weighted by atomic mass is 19.3. The Bertz CT molecular complexity index is 522. The molecule has 1 heterocycles. The van der Waals surface area contributed by atoms with E-state index in [4.69, 9.17) is 5.73 Å². The Morgan fingerprint density at radius 2 is 2.12 bits per heavy atom. The molecular weight excluding hydrogens is 226 g/mol. The fraction of sp³-hybridized carbons (Fsp3) is 0.182. The number of benzene rings is 1. The average Bonchev–Trinajstić information content (AvgIpc) is 2.66. The third kappa shape index (κ3) is 2.52. The molecule has 0 bridgehead atoms. The van der Waals surface area contributed by atoms with Crippen molar-refractivity contribution in [2.45, 2.75) is 6.43 Å². The molecule has 0 amide bonds. The van der Waals surface area contributed by atoms with Crippen LogP contribution in [0.5, 0.6) is 0 Å². The summed E-state index contributed by atoms with van der Waals surface area (Å²) in [7, 11) is 1.75. The third-order valence-corrected chi connectivity index (χ3v) is 2.29. The maximum absolute atomic E-state index is 12.8. The summed E-state index contributed by atoms with van der Waals surface area (Å²) in [5.74, 6) is 0.513. The first-order chi connectivity index (χ1) is 8.06. The van der Waals surface area contributed by atoms with Gasteiger partial charge in [0.15, 0.2) is 5.82 Å². The summed E-state index contributed by atoms with van der Waals surface area (Å²) in [5.41, 5.74) is 5.98. The molecule has 90 valence electrons. The molecule has 0 radical (unpaired) electrons. The van der Waals surface area contributed by atoms with Crippen LogP contribution in [0.15, 0.2) is 30.5 Å². The summed E-state index contributed by atoms with van der Waals surface area (Å²) in [6.45, 7) is 0. The van der Waals surface area contributed by atoms with Gasteiger partial charge >= 0.3 is 0 Å². The highest BCUT2D eigenvalue weighted by Gasteiger charge is 2.13. The van der Waals surface area contributed by atoms with Gasteiger partial charge in [-0.3, -0.25) is 4.68 Å². The van der Waals surface area contributed by atoms with Crippen LogP contribution in [-0.2, 0) is 7.05 Å². The molecular formula is C11H12F2N4. The van der Waals surface area contributed by atoms with Gasteiger partial charge in [0.05, 0.1) is 0 Å². The Balaban J connectivity index is 2.32. The van der Waals surface area contributed by atoms with Crippen molar-refractivity contribution in [3.05, 3.63) is 36.0 Å². The standard InChI is InChI=1S/C11H12F2N4/c1-17-5-4-10(16-17)15-9-3-2-7(14)6-8(9)11(12)13/h2-6,11H,14H2,1H3,(H,15,16). The number of rotatable bonds is 3. The van der Waals surface area contributed by atoms with E-state index in [0.29, 0.717) is 17.2 Å². The summed E-state index contributed by atoms with van der Waals surface area (Å²) >= 11 is 0. The zero-order chi connectivity index (χ0) is 12.4. The van der Waals surface area contributed by atoms with Gasteiger partial charge in [-0.15, -0.1) is 0 Å². The number of halogens is 2. The Kier molecular flexibility index (Phi) is 2.95. The number of alkyl halides is 2.